The molecule has 5 heteroatoms. The molecule has 3 aliphatic heterocycles. The quantitative estimate of drug-likeness (QED) is 0.716. The summed E-state index contributed by atoms with van der Waals surface area (Å²) in [6.07, 6.45) is -0.0538. The summed E-state index contributed by atoms with van der Waals surface area (Å²) in [5, 5.41) is 0. The molecule has 0 aromatic carbocycles. The first-order chi connectivity index (χ1) is 9.04. The van der Waals surface area contributed by atoms with E-state index in [1.807, 2.05) is 20.8 Å². The van der Waals surface area contributed by atoms with Gasteiger partial charge in [-0.15, -0.1) is 0 Å². The van der Waals surface area contributed by atoms with Crippen molar-refractivity contribution in [3.63, 3.8) is 0 Å². The highest BCUT2D eigenvalue weighted by atomic mass is 16.6. The largest absolute Gasteiger partial charge is 0.465 e. The van der Waals surface area contributed by atoms with Crippen LogP contribution in [0.2, 0.25) is 0 Å². The van der Waals surface area contributed by atoms with Gasteiger partial charge < -0.3 is 14.2 Å². The van der Waals surface area contributed by atoms with Crippen molar-refractivity contribution in [2.75, 3.05) is 6.61 Å². The number of rotatable bonds is 4. The molecule has 0 radical (unpaired) electrons. The van der Waals surface area contributed by atoms with E-state index in [0.29, 0.717) is 12.5 Å². The zero-order valence-electron chi connectivity index (χ0n) is 11.5. The second-order valence-electron chi connectivity index (χ2n) is 6.11. The van der Waals surface area contributed by atoms with Crippen LogP contribution >= 0.6 is 0 Å². The highest BCUT2D eigenvalue weighted by Crippen LogP contribution is 2.54. The third-order valence-corrected chi connectivity index (χ3v) is 4.41. The summed E-state index contributed by atoms with van der Waals surface area (Å²) >= 11 is 0. The molecule has 3 aliphatic rings. The molecule has 0 saturated carbocycles. The van der Waals surface area contributed by atoms with Gasteiger partial charge in [0.2, 0.25) is 0 Å². The van der Waals surface area contributed by atoms with E-state index in [0.717, 1.165) is 6.42 Å². The van der Waals surface area contributed by atoms with Gasteiger partial charge in [-0.1, -0.05) is 20.8 Å². The molecule has 6 atom stereocenters. The molecule has 0 aliphatic carbocycles. The number of carbonyl (C=O) groups is 2. The molecule has 3 fully saturated rings. The molecule has 0 aromatic heterocycles. The van der Waals surface area contributed by atoms with Crippen LogP contribution < -0.4 is 0 Å². The summed E-state index contributed by atoms with van der Waals surface area (Å²) in [4.78, 5) is 24.0. The average molecular weight is 268 g/mol. The third-order valence-electron chi connectivity index (χ3n) is 4.41. The van der Waals surface area contributed by atoms with Crippen LogP contribution in [0.3, 0.4) is 0 Å². The van der Waals surface area contributed by atoms with Gasteiger partial charge in [-0.2, -0.15) is 0 Å². The summed E-state index contributed by atoms with van der Waals surface area (Å²) in [5.74, 6) is -0.705. The number of fused-ring (bicyclic) bond motifs is 1. The summed E-state index contributed by atoms with van der Waals surface area (Å²) in [7, 11) is 0. The zero-order chi connectivity index (χ0) is 13.7. The van der Waals surface area contributed by atoms with Crippen molar-refractivity contribution in [2.45, 2.75) is 45.5 Å². The predicted molar refractivity (Wildman–Crippen MR) is 65.1 cm³/mol. The van der Waals surface area contributed by atoms with E-state index in [1.54, 1.807) is 0 Å². The number of ether oxygens (including phenoxy) is 3. The SMILES string of the molecule is CCC1C2OC3C(OC(=O)C13)C2C(=O)OCC(C)C. The Bertz CT molecular complexity index is 405. The van der Waals surface area contributed by atoms with Gasteiger partial charge in [0.1, 0.15) is 18.1 Å². The molecule has 0 spiro atoms. The third kappa shape index (κ3) is 1.78. The van der Waals surface area contributed by atoms with E-state index in [-0.39, 0.29) is 36.0 Å². The Labute approximate surface area is 112 Å². The first-order valence-corrected chi connectivity index (χ1v) is 7.07. The van der Waals surface area contributed by atoms with Crippen LogP contribution in [0.15, 0.2) is 0 Å². The summed E-state index contributed by atoms with van der Waals surface area (Å²) in [6.45, 7) is 6.40. The van der Waals surface area contributed by atoms with Gasteiger partial charge in [0.25, 0.3) is 0 Å². The molecule has 2 bridgehead atoms. The lowest BCUT2D eigenvalue weighted by Gasteiger charge is -2.26. The van der Waals surface area contributed by atoms with Gasteiger partial charge in [0.15, 0.2) is 0 Å². The van der Waals surface area contributed by atoms with E-state index < -0.39 is 12.0 Å². The van der Waals surface area contributed by atoms with Crippen molar-refractivity contribution in [3.05, 3.63) is 0 Å². The van der Waals surface area contributed by atoms with E-state index in [9.17, 15) is 9.59 Å². The maximum Gasteiger partial charge on any atom is 0.315 e. The fourth-order valence-corrected chi connectivity index (χ4v) is 3.60. The van der Waals surface area contributed by atoms with E-state index in [4.69, 9.17) is 14.2 Å². The average Bonchev–Trinajstić information content (AvgIpc) is 2.95. The van der Waals surface area contributed by atoms with Crippen LogP contribution in [0.4, 0.5) is 0 Å². The molecule has 106 valence electrons. The van der Waals surface area contributed by atoms with Crippen LogP contribution in [0.1, 0.15) is 27.2 Å². The van der Waals surface area contributed by atoms with Crippen LogP contribution in [-0.2, 0) is 23.8 Å². The Kier molecular flexibility index (Phi) is 3.04. The zero-order valence-corrected chi connectivity index (χ0v) is 11.5. The molecule has 3 rings (SSSR count). The van der Waals surface area contributed by atoms with Gasteiger partial charge in [-0.25, -0.2) is 0 Å². The fraction of sp³-hybridized carbons (Fsp3) is 0.857. The molecule has 19 heavy (non-hydrogen) atoms. The molecule has 0 N–H and O–H groups in total. The van der Waals surface area contributed by atoms with Crippen LogP contribution in [0.5, 0.6) is 0 Å². The maximum absolute atomic E-state index is 12.2. The van der Waals surface area contributed by atoms with Crippen LogP contribution in [-0.4, -0.2) is 36.9 Å². The Hall–Kier alpha value is -1.10. The first-order valence-electron chi connectivity index (χ1n) is 7.07. The highest BCUT2D eigenvalue weighted by Gasteiger charge is 2.69. The summed E-state index contributed by atoms with van der Waals surface area (Å²) in [6, 6.07) is 0. The normalized spacial score (nSPS) is 42.8. The lowest BCUT2D eigenvalue weighted by molar-refractivity contribution is -0.156. The standard InChI is InChI=1S/C14H20O5/c1-4-7-8-11-12(19-14(8)16)9(10(7)18-11)13(15)17-5-6(2)3/h6-12H,4-5H2,1-3H3. The number of hydrogen-bond acceptors (Lipinski definition) is 5. The Morgan fingerprint density at radius 2 is 2.05 bits per heavy atom. The second kappa shape index (κ2) is 4.47. The van der Waals surface area contributed by atoms with E-state index >= 15 is 0 Å². The highest BCUT2D eigenvalue weighted by molar-refractivity contribution is 5.82. The van der Waals surface area contributed by atoms with Gasteiger partial charge in [-0.05, 0) is 12.3 Å². The molecular formula is C14H20O5. The number of esters is 2. The number of hydrogen-bond donors (Lipinski definition) is 0. The van der Waals surface area contributed by atoms with Crippen molar-refractivity contribution < 1.29 is 23.8 Å². The van der Waals surface area contributed by atoms with Gasteiger partial charge in [-0.3, -0.25) is 9.59 Å². The fourth-order valence-electron chi connectivity index (χ4n) is 3.60. The van der Waals surface area contributed by atoms with Crippen LogP contribution in [0, 0.1) is 23.7 Å². The number of carbonyl (C=O) groups excluding carboxylic acids is 2. The maximum atomic E-state index is 12.2. The molecule has 0 aromatic rings. The topological polar surface area (TPSA) is 61.8 Å². The van der Waals surface area contributed by atoms with Crippen molar-refractivity contribution in [1.29, 1.82) is 0 Å². The summed E-state index contributed by atoms with van der Waals surface area (Å²) in [5.41, 5.74) is 0. The minimum absolute atomic E-state index is 0.0906. The smallest absolute Gasteiger partial charge is 0.315 e. The van der Waals surface area contributed by atoms with Crippen molar-refractivity contribution in [2.24, 2.45) is 23.7 Å². The minimum atomic E-state index is -0.434. The minimum Gasteiger partial charge on any atom is -0.465 e. The van der Waals surface area contributed by atoms with Crippen molar-refractivity contribution in [3.8, 4) is 0 Å². The molecule has 0 amide bonds. The Balaban J connectivity index is 1.77. The molecule has 6 unspecified atom stereocenters. The van der Waals surface area contributed by atoms with Gasteiger partial charge in [0, 0.05) is 5.92 Å². The van der Waals surface area contributed by atoms with Gasteiger partial charge >= 0.3 is 11.9 Å². The molecule has 5 nitrogen and oxygen atoms in total. The Morgan fingerprint density at radius 3 is 2.68 bits per heavy atom. The molecular weight excluding hydrogens is 248 g/mol. The lowest BCUT2D eigenvalue weighted by Crippen LogP contribution is -2.43. The second-order valence-corrected chi connectivity index (χ2v) is 6.11. The lowest BCUT2D eigenvalue weighted by atomic mass is 9.73. The molecule has 3 heterocycles. The van der Waals surface area contributed by atoms with E-state index in [2.05, 4.69) is 0 Å². The monoisotopic (exact) mass is 268 g/mol. The summed E-state index contributed by atoms with van der Waals surface area (Å²) < 4.78 is 16.5. The molecule has 3 saturated heterocycles. The Morgan fingerprint density at radius 1 is 1.32 bits per heavy atom. The van der Waals surface area contributed by atoms with Crippen molar-refractivity contribution >= 4 is 11.9 Å². The van der Waals surface area contributed by atoms with Gasteiger partial charge in [0.05, 0.1) is 18.6 Å². The van der Waals surface area contributed by atoms with Crippen LogP contribution in [0.25, 0.3) is 0 Å². The first kappa shape index (κ1) is 12.9. The van der Waals surface area contributed by atoms with E-state index in [1.165, 1.54) is 0 Å². The van der Waals surface area contributed by atoms with Crippen molar-refractivity contribution in [1.82, 2.24) is 0 Å². The predicted octanol–water partition coefficient (Wildman–Crippen LogP) is 1.15.